The van der Waals surface area contributed by atoms with E-state index in [9.17, 15) is 14.4 Å². The topological polar surface area (TPSA) is 72.4 Å². The normalized spacial score (nSPS) is 10.2. The van der Waals surface area contributed by atoms with E-state index in [0.717, 1.165) is 23.7 Å². The van der Waals surface area contributed by atoms with Gasteiger partial charge in [0.2, 0.25) is 0 Å². The van der Waals surface area contributed by atoms with E-state index in [1.807, 2.05) is 0 Å². The van der Waals surface area contributed by atoms with Crippen LogP contribution in [0.3, 0.4) is 0 Å². The van der Waals surface area contributed by atoms with Crippen molar-refractivity contribution in [3.8, 4) is 0 Å². The number of phosphoric acid groups is 1. The first kappa shape index (κ1) is 22.1. The zero-order valence-corrected chi connectivity index (χ0v) is 15.8. The van der Waals surface area contributed by atoms with Gasteiger partial charge in [0.05, 0.1) is 14.4 Å². The van der Waals surface area contributed by atoms with Gasteiger partial charge in [0, 0.05) is 0 Å². The zero-order valence-electron chi connectivity index (χ0n) is 8.70. The van der Waals surface area contributed by atoms with Crippen LogP contribution in [0.2, 0.25) is 0 Å². The average molecular weight is 352 g/mol. The molecule has 8 heteroatoms. The molecule has 0 fully saturated rings. The molecule has 0 aromatic rings. The number of unbranched alkanes of at least 4 members (excludes halogenated alkanes) is 3. The Balaban J connectivity index is -0.000000605. The third-order valence-corrected chi connectivity index (χ3v) is 2.54. The van der Waals surface area contributed by atoms with Crippen molar-refractivity contribution in [3.05, 3.63) is 0 Å². The van der Waals surface area contributed by atoms with Crippen LogP contribution in [-0.4, -0.2) is 11.0 Å². The molecule has 0 rings (SSSR count). The van der Waals surface area contributed by atoms with Gasteiger partial charge in [-0.3, -0.25) is 0 Å². The summed E-state index contributed by atoms with van der Waals surface area (Å²) < 4.78 is 15.1. The molecule has 14 heavy (non-hydrogen) atoms. The minimum absolute atomic E-state index is 0. The first-order valence-electron chi connectivity index (χ1n) is 3.79. The molecule has 0 heterocycles. The number of alkyl halides is 1. The Kier molecular flexibility index (Phi) is 21.9. The maximum absolute atomic E-state index is 9.97. The molecule has 0 atom stereocenters. The van der Waals surface area contributed by atoms with Crippen LogP contribution in [0.15, 0.2) is 0 Å². The second-order valence-corrected chi connectivity index (χ2v) is 4.62. The van der Waals surface area contributed by atoms with Crippen LogP contribution in [0.1, 0.15) is 25.7 Å². The molecule has 0 amide bonds. The maximum atomic E-state index is 9.97. The molecule has 0 aliphatic heterocycles. The standard InChI is InChI=1S/C6H14IO4P.2Na/c7-5-3-1-2-4-6-11-12(8,9)10;;/h1-6H2,(H2,8,9,10);;/q;2*+1/p-2. The van der Waals surface area contributed by atoms with E-state index in [2.05, 4.69) is 27.1 Å². The van der Waals surface area contributed by atoms with Crippen molar-refractivity contribution in [1.82, 2.24) is 0 Å². The molecule has 0 saturated carbocycles. The average Bonchev–Trinajstić information content (AvgIpc) is 1.94. The van der Waals surface area contributed by atoms with Crippen molar-refractivity contribution in [2.45, 2.75) is 25.7 Å². The van der Waals surface area contributed by atoms with E-state index >= 15 is 0 Å². The van der Waals surface area contributed by atoms with Crippen LogP contribution < -0.4 is 68.9 Å². The van der Waals surface area contributed by atoms with Gasteiger partial charge in [0.25, 0.3) is 0 Å². The van der Waals surface area contributed by atoms with Crippen molar-refractivity contribution < 1.29 is 78.0 Å². The van der Waals surface area contributed by atoms with E-state index in [1.165, 1.54) is 0 Å². The molecule has 0 radical (unpaired) electrons. The van der Waals surface area contributed by atoms with Gasteiger partial charge < -0.3 is 18.9 Å². The van der Waals surface area contributed by atoms with Crippen LogP contribution in [0.5, 0.6) is 0 Å². The molecular formula is C6H12INa2O4P. The van der Waals surface area contributed by atoms with Crippen LogP contribution in [0.4, 0.5) is 0 Å². The van der Waals surface area contributed by atoms with E-state index < -0.39 is 7.82 Å². The second kappa shape index (κ2) is 13.9. The summed E-state index contributed by atoms with van der Waals surface area (Å²) in [6.07, 6.45) is 3.76. The Morgan fingerprint density at radius 2 is 1.57 bits per heavy atom. The summed E-state index contributed by atoms with van der Waals surface area (Å²) in [6.45, 7) is 0.0333. The van der Waals surface area contributed by atoms with Crippen LogP contribution in [-0.2, 0) is 9.09 Å². The Bertz CT molecular complexity index is 155. The molecule has 0 unspecified atom stereocenters. The molecule has 0 bridgehead atoms. The first-order chi connectivity index (χ1) is 5.56. The number of rotatable bonds is 7. The molecule has 0 aromatic carbocycles. The Hall–Kier alpha value is 2.84. The molecule has 0 spiro atoms. The summed E-state index contributed by atoms with van der Waals surface area (Å²) in [4.78, 5) is 19.9. The molecule has 0 saturated heterocycles. The Morgan fingerprint density at radius 3 is 2.00 bits per heavy atom. The van der Waals surface area contributed by atoms with Gasteiger partial charge in [-0.05, 0) is 17.3 Å². The predicted octanol–water partition coefficient (Wildman–Crippen LogP) is -5.16. The van der Waals surface area contributed by atoms with E-state index in [0.29, 0.717) is 6.42 Å². The van der Waals surface area contributed by atoms with Crippen molar-refractivity contribution in [2.75, 3.05) is 11.0 Å². The third kappa shape index (κ3) is 20.3. The summed E-state index contributed by atoms with van der Waals surface area (Å²) in [5, 5.41) is 0. The van der Waals surface area contributed by atoms with E-state index in [1.54, 1.807) is 0 Å². The predicted molar refractivity (Wildman–Crippen MR) is 50.9 cm³/mol. The number of hydrogen-bond acceptors (Lipinski definition) is 4. The van der Waals surface area contributed by atoms with Gasteiger partial charge in [-0.1, -0.05) is 35.4 Å². The van der Waals surface area contributed by atoms with Crippen molar-refractivity contribution in [2.24, 2.45) is 0 Å². The van der Waals surface area contributed by atoms with Gasteiger partial charge >= 0.3 is 59.1 Å². The second-order valence-electron chi connectivity index (χ2n) is 2.38. The molecule has 0 aliphatic rings. The largest absolute Gasteiger partial charge is 1.00 e. The molecule has 0 aromatic heterocycles. The minimum Gasteiger partial charge on any atom is -0.790 e. The van der Waals surface area contributed by atoms with Crippen LogP contribution >= 0.6 is 30.4 Å². The fourth-order valence-corrected chi connectivity index (χ4v) is 1.62. The van der Waals surface area contributed by atoms with Gasteiger partial charge in [-0.25, -0.2) is 0 Å². The van der Waals surface area contributed by atoms with Crippen LogP contribution in [0, 0.1) is 0 Å². The molecule has 0 N–H and O–H groups in total. The summed E-state index contributed by atoms with van der Waals surface area (Å²) in [7, 11) is -4.72. The van der Waals surface area contributed by atoms with Crippen LogP contribution in [0.25, 0.3) is 0 Å². The molecular weight excluding hydrogens is 340 g/mol. The SMILES string of the molecule is O=P([O-])([O-])OCCCCCCI.[Na+].[Na+]. The van der Waals surface area contributed by atoms with Gasteiger partial charge in [-0.15, -0.1) is 0 Å². The molecule has 74 valence electrons. The fourth-order valence-electron chi connectivity index (χ4n) is 0.726. The van der Waals surface area contributed by atoms with Crippen molar-refractivity contribution >= 4 is 30.4 Å². The van der Waals surface area contributed by atoms with Crippen molar-refractivity contribution in [3.63, 3.8) is 0 Å². The minimum atomic E-state index is -4.72. The third-order valence-electron chi connectivity index (χ3n) is 1.28. The maximum Gasteiger partial charge on any atom is 1.00 e. The summed E-state index contributed by atoms with van der Waals surface area (Å²) >= 11 is 2.29. The van der Waals surface area contributed by atoms with Gasteiger partial charge in [-0.2, -0.15) is 0 Å². The zero-order chi connectivity index (χ0) is 9.45. The summed E-state index contributed by atoms with van der Waals surface area (Å²) in [6, 6.07) is 0. The molecule has 0 aliphatic carbocycles. The summed E-state index contributed by atoms with van der Waals surface area (Å²) in [5.74, 6) is 0. The summed E-state index contributed by atoms with van der Waals surface area (Å²) in [5.41, 5.74) is 0. The van der Waals surface area contributed by atoms with Crippen molar-refractivity contribution in [1.29, 1.82) is 0 Å². The first-order valence-corrected chi connectivity index (χ1v) is 6.77. The van der Waals surface area contributed by atoms with E-state index in [-0.39, 0.29) is 65.7 Å². The Labute approximate surface area is 143 Å². The smallest absolute Gasteiger partial charge is 0.790 e. The van der Waals surface area contributed by atoms with E-state index in [4.69, 9.17) is 0 Å². The monoisotopic (exact) mass is 352 g/mol. The number of phosphoric ester groups is 1. The Morgan fingerprint density at radius 1 is 1.07 bits per heavy atom. The van der Waals surface area contributed by atoms with Gasteiger partial charge in [0.1, 0.15) is 0 Å². The quantitative estimate of drug-likeness (QED) is 0.151. The van der Waals surface area contributed by atoms with Gasteiger partial charge in [0.15, 0.2) is 0 Å². The fraction of sp³-hybridized carbons (Fsp3) is 1.00. The number of halogens is 1. The number of hydrogen-bond donors (Lipinski definition) is 0. The molecule has 4 nitrogen and oxygen atoms in total.